The van der Waals surface area contributed by atoms with E-state index in [0.29, 0.717) is 13.1 Å². The Balaban J connectivity index is 1.86. The number of amides is 3. The van der Waals surface area contributed by atoms with Crippen molar-refractivity contribution < 1.29 is 9.59 Å². The second-order valence-electron chi connectivity index (χ2n) is 7.96. The van der Waals surface area contributed by atoms with Gasteiger partial charge in [-0.2, -0.15) is 0 Å². The number of imide groups is 1. The third kappa shape index (κ3) is 4.06. The molecule has 1 unspecified atom stereocenters. The minimum Gasteiger partial charge on any atom is -0.315 e. The normalized spacial score (nSPS) is 17.8. The predicted octanol–water partition coefficient (Wildman–Crippen LogP) is 4.04. The van der Waals surface area contributed by atoms with Crippen LogP contribution in [0.2, 0.25) is 0 Å². The molecule has 0 aromatic heterocycles. The summed E-state index contributed by atoms with van der Waals surface area (Å²) in [4.78, 5) is 27.8. The van der Waals surface area contributed by atoms with Gasteiger partial charge in [-0.1, -0.05) is 80.9 Å². The molecule has 0 saturated carbocycles. The summed E-state index contributed by atoms with van der Waals surface area (Å²) < 4.78 is 0. The molecule has 3 rings (SSSR count). The molecule has 2 aromatic carbocycles. The Morgan fingerprint density at radius 1 is 0.966 bits per heavy atom. The number of rotatable bonds is 9. The zero-order valence-corrected chi connectivity index (χ0v) is 17.6. The molecule has 154 valence electrons. The van der Waals surface area contributed by atoms with Crippen molar-refractivity contribution in [3.63, 3.8) is 0 Å². The van der Waals surface area contributed by atoms with Crippen molar-refractivity contribution in [1.82, 2.24) is 15.5 Å². The fourth-order valence-electron chi connectivity index (χ4n) is 4.12. The average Bonchev–Trinajstić information content (AvgIpc) is 3.01. The van der Waals surface area contributed by atoms with Crippen LogP contribution in [-0.2, 0) is 10.3 Å². The number of carbonyl (C=O) groups excluding carboxylic acids is 2. The summed E-state index contributed by atoms with van der Waals surface area (Å²) in [7, 11) is 0. The topological polar surface area (TPSA) is 61.4 Å². The van der Waals surface area contributed by atoms with Crippen LogP contribution in [0.5, 0.6) is 0 Å². The van der Waals surface area contributed by atoms with Crippen LogP contribution in [0.1, 0.15) is 51.2 Å². The maximum atomic E-state index is 13.6. The summed E-state index contributed by atoms with van der Waals surface area (Å²) in [5.41, 5.74) is 0.370. The first-order valence-electron chi connectivity index (χ1n) is 10.5. The molecule has 0 radical (unpaired) electrons. The summed E-state index contributed by atoms with van der Waals surface area (Å²) >= 11 is 0. The van der Waals surface area contributed by atoms with Gasteiger partial charge in [-0.3, -0.25) is 9.69 Å². The Bertz CT molecular complexity index is 798. The summed E-state index contributed by atoms with van der Waals surface area (Å²) in [6.07, 6.45) is 3.14. The first-order chi connectivity index (χ1) is 14.0. The van der Waals surface area contributed by atoms with Gasteiger partial charge in [-0.05, 0) is 30.9 Å². The van der Waals surface area contributed by atoms with Crippen LogP contribution >= 0.6 is 0 Å². The van der Waals surface area contributed by atoms with Crippen LogP contribution in [-0.4, -0.2) is 35.5 Å². The van der Waals surface area contributed by atoms with E-state index in [1.807, 2.05) is 60.7 Å². The van der Waals surface area contributed by atoms with E-state index >= 15 is 0 Å². The number of urea groups is 1. The Labute approximate surface area is 173 Å². The zero-order chi connectivity index (χ0) is 20.9. The molecule has 0 spiro atoms. The standard InChI is InChI=1S/C24H31N3O2/c1-4-16-23(3,5-2)25-17-18-27-21(28)24(26-22(27)29,19-12-8-6-9-13-19)20-14-10-7-11-15-20/h6-15,25H,4-5,16-18H2,1-3H3,(H,26,29). The molecule has 1 atom stereocenters. The molecule has 0 bridgehead atoms. The number of nitrogens with zero attached hydrogens (tertiary/aromatic N) is 1. The fourth-order valence-corrected chi connectivity index (χ4v) is 4.12. The van der Waals surface area contributed by atoms with Crippen molar-refractivity contribution >= 4 is 11.9 Å². The lowest BCUT2D eigenvalue weighted by atomic mass is 9.82. The lowest BCUT2D eigenvalue weighted by Gasteiger charge is -2.31. The van der Waals surface area contributed by atoms with Crippen molar-refractivity contribution in [2.75, 3.05) is 13.1 Å². The monoisotopic (exact) mass is 393 g/mol. The van der Waals surface area contributed by atoms with Gasteiger partial charge in [0.05, 0.1) is 0 Å². The summed E-state index contributed by atoms with van der Waals surface area (Å²) in [5, 5.41) is 6.54. The number of nitrogens with one attached hydrogen (secondary N) is 2. The van der Waals surface area contributed by atoms with Crippen molar-refractivity contribution in [3.05, 3.63) is 71.8 Å². The minimum absolute atomic E-state index is 0.0178. The predicted molar refractivity (Wildman–Crippen MR) is 116 cm³/mol. The Kier molecular flexibility index (Phi) is 6.38. The van der Waals surface area contributed by atoms with Gasteiger partial charge in [0.2, 0.25) is 0 Å². The maximum Gasteiger partial charge on any atom is 0.325 e. The van der Waals surface area contributed by atoms with Crippen molar-refractivity contribution in [2.45, 2.75) is 51.1 Å². The van der Waals surface area contributed by atoms with Gasteiger partial charge in [-0.15, -0.1) is 0 Å². The largest absolute Gasteiger partial charge is 0.325 e. The second kappa shape index (κ2) is 8.78. The average molecular weight is 394 g/mol. The van der Waals surface area contributed by atoms with Crippen molar-refractivity contribution in [3.8, 4) is 0 Å². The lowest BCUT2D eigenvalue weighted by molar-refractivity contribution is -0.130. The highest BCUT2D eigenvalue weighted by Crippen LogP contribution is 2.35. The van der Waals surface area contributed by atoms with Gasteiger partial charge in [-0.25, -0.2) is 4.79 Å². The van der Waals surface area contributed by atoms with Crippen LogP contribution < -0.4 is 10.6 Å². The molecule has 1 heterocycles. The van der Waals surface area contributed by atoms with Crippen molar-refractivity contribution in [1.29, 1.82) is 0 Å². The number of hydrogen-bond donors (Lipinski definition) is 2. The number of carbonyl (C=O) groups is 2. The van der Waals surface area contributed by atoms with Gasteiger partial charge in [0, 0.05) is 18.6 Å². The van der Waals surface area contributed by atoms with Gasteiger partial charge in [0.15, 0.2) is 5.54 Å². The molecule has 3 amide bonds. The third-order valence-corrected chi connectivity index (χ3v) is 5.99. The minimum atomic E-state index is -1.18. The molecule has 5 heteroatoms. The van der Waals surface area contributed by atoms with E-state index in [1.165, 1.54) is 4.90 Å². The SMILES string of the molecule is CCCC(C)(CC)NCCN1C(=O)NC(c2ccccc2)(c2ccccc2)C1=O. The van der Waals surface area contributed by atoms with Gasteiger partial charge < -0.3 is 10.6 Å². The van der Waals surface area contributed by atoms with Crippen LogP contribution in [0.25, 0.3) is 0 Å². The van der Waals surface area contributed by atoms with E-state index in [9.17, 15) is 9.59 Å². The van der Waals surface area contributed by atoms with Crippen LogP contribution in [0.4, 0.5) is 4.79 Å². The molecule has 1 fully saturated rings. The van der Waals surface area contributed by atoms with E-state index < -0.39 is 5.54 Å². The highest BCUT2D eigenvalue weighted by Gasteiger charge is 2.53. The smallest absolute Gasteiger partial charge is 0.315 e. The highest BCUT2D eigenvalue weighted by molar-refractivity contribution is 6.09. The van der Waals surface area contributed by atoms with Crippen LogP contribution in [0.15, 0.2) is 60.7 Å². The molecule has 5 nitrogen and oxygen atoms in total. The summed E-state index contributed by atoms with van der Waals surface area (Å²) in [6.45, 7) is 7.43. The summed E-state index contributed by atoms with van der Waals surface area (Å²) in [5.74, 6) is -0.226. The first kappa shape index (κ1) is 21.1. The molecule has 2 aromatic rings. The van der Waals surface area contributed by atoms with Gasteiger partial charge in [0.1, 0.15) is 0 Å². The zero-order valence-electron chi connectivity index (χ0n) is 17.6. The van der Waals surface area contributed by atoms with Crippen LogP contribution in [0, 0.1) is 0 Å². The Hall–Kier alpha value is -2.66. The molecular weight excluding hydrogens is 362 g/mol. The Morgan fingerprint density at radius 2 is 1.52 bits per heavy atom. The Morgan fingerprint density at radius 3 is 2.00 bits per heavy atom. The third-order valence-electron chi connectivity index (χ3n) is 5.99. The first-order valence-corrected chi connectivity index (χ1v) is 10.5. The number of hydrogen-bond acceptors (Lipinski definition) is 3. The number of benzene rings is 2. The van der Waals surface area contributed by atoms with Crippen LogP contribution in [0.3, 0.4) is 0 Å². The molecule has 29 heavy (non-hydrogen) atoms. The van der Waals surface area contributed by atoms with E-state index in [4.69, 9.17) is 0 Å². The molecule has 1 aliphatic heterocycles. The molecule has 2 N–H and O–H groups in total. The molecule has 0 aliphatic carbocycles. The molecular formula is C24H31N3O2. The molecule has 1 saturated heterocycles. The maximum absolute atomic E-state index is 13.6. The molecule has 1 aliphatic rings. The quantitative estimate of drug-likeness (QED) is 0.632. The lowest BCUT2D eigenvalue weighted by Crippen LogP contribution is -2.47. The van der Waals surface area contributed by atoms with E-state index in [-0.39, 0.29) is 17.5 Å². The van der Waals surface area contributed by atoms with E-state index in [1.54, 1.807) is 0 Å². The van der Waals surface area contributed by atoms with E-state index in [0.717, 1.165) is 30.4 Å². The fraction of sp³-hybridized carbons (Fsp3) is 0.417. The van der Waals surface area contributed by atoms with Crippen molar-refractivity contribution in [2.24, 2.45) is 0 Å². The van der Waals surface area contributed by atoms with Gasteiger partial charge in [0.25, 0.3) is 5.91 Å². The highest BCUT2D eigenvalue weighted by atomic mass is 16.2. The van der Waals surface area contributed by atoms with Gasteiger partial charge >= 0.3 is 6.03 Å². The summed E-state index contributed by atoms with van der Waals surface area (Å²) in [6, 6.07) is 18.6. The second-order valence-corrected chi connectivity index (χ2v) is 7.96. The van der Waals surface area contributed by atoms with E-state index in [2.05, 4.69) is 31.4 Å².